The molecule has 6 aromatic carbocycles. The Morgan fingerprint density at radius 3 is 1.44 bits per heavy atom. The molecule has 2 aromatic heterocycles. The van der Waals surface area contributed by atoms with Crippen LogP contribution in [0.25, 0.3) is 78.6 Å². The summed E-state index contributed by atoms with van der Waals surface area (Å²) in [6.07, 6.45) is 0. The van der Waals surface area contributed by atoms with Crippen molar-refractivity contribution in [2.45, 2.75) is 0 Å². The first-order chi connectivity index (χ1) is 23.7. The maximum Gasteiger partial charge on any atom is 0.160 e. The zero-order valence-electron chi connectivity index (χ0n) is 25.8. The van der Waals surface area contributed by atoms with Gasteiger partial charge >= 0.3 is 0 Å². The van der Waals surface area contributed by atoms with Gasteiger partial charge in [-0.15, -0.1) is 0 Å². The average molecular weight is 614 g/mol. The van der Waals surface area contributed by atoms with Crippen LogP contribution in [0.1, 0.15) is 5.56 Å². The van der Waals surface area contributed by atoms with E-state index in [0.29, 0.717) is 11.4 Å². The number of benzene rings is 6. The third-order valence-electron chi connectivity index (χ3n) is 8.34. The van der Waals surface area contributed by atoms with E-state index >= 15 is 0 Å². The smallest absolute Gasteiger partial charge is 0.160 e. The number of para-hydroxylation sites is 2. The Bertz CT molecular complexity index is 2370. The van der Waals surface area contributed by atoms with E-state index in [1.807, 2.05) is 97.1 Å². The summed E-state index contributed by atoms with van der Waals surface area (Å²) in [6, 6.07) is 56.9. The minimum absolute atomic E-state index is 0.607. The Balaban J connectivity index is 1.18. The Morgan fingerprint density at radius 2 is 0.833 bits per heavy atom. The van der Waals surface area contributed by atoms with Crippen LogP contribution in [0.2, 0.25) is 0 Å². The van der Waals surface area contributed by atoms with Gasteiger partial charge in [0.25, 0.3) is 0 Å². The Kier molecular flexibility index (Phi) is 7.50. The maximum absolute atomic E-state index is 9.31. The van der Waals surface area contributed by atoms with Gasteiger partial charge in [-0.1, -0.05) is 127 Å². The summed E-state index contributed by atoms with van der Waals surface area (Å²) in [5, 5.41) is 9.31. The highest BCUT2D eigenvalue weighted by Gasteiger charge is 2.15. The van der Waals surface area contributed by atoms with Crippen molar-refractivity contribution in [3.8, 4) is 73.6 Å². The number of rotatable bonds is 6. The monoisotopic (exact) mass is 613 g/mol. The van der Waals surface area contributed by atoms with E-state index in [-0.39, 0.29) is 0 Å². The van der Waals surface area contributed by atoms with Gasteiger partial charge in [0.15, 0.2) is 5.82 Å². The number of nitrogens with zero attached hydrogens (tertiary/aromatic N) is 5. The Labute approximate surface area is 278 Å². The molecule has 0 aliphatic heterocycles. The highest BCUT2D eigenvalue weighted by molar-refractivity contribution is 5.87. The van der Waals surface area contributed by atoms with Gasteiger partial charge in [-0.25, -0.2) is 19.9 Å². The van der Waals surface area contributed by atoms with E-state index in [0.717, 1.165) is 72.8 Å². The molecule has 0 aliphatic rings. The number of hydrogen-bond acceptors (Lipinski definition) is 5. The second kappa shape index (κ2) is 12.6. The molecule has 0 saturated carbocycles. The summed E-state index contributed by atoms with van der Waals surface area (Å²) in [5.41, 5.74) is 12.6. The normalized spacial score (nSPS) is 10.9. The van der Waals surface area contributed by atoms with Gasteiger partial charge < -0.3 is 0 Å². The number of fused-ring (bicyclic) bond motifs is 1. The summed E-state index contributed by atoms with van der Waals surface area (Å²) in [5.74, 6) is 0.691. The second-order valence-corrected chi connectivity index (χ2v) is 11.5. The minimum Gasteiger partial charge on any atom is -0.244 e. The molecule has 8 aromatic rings. The molecule has 5 heteroatoms. The molecule has 0 saturated heterocycles. The van der Waals surface area contributed by atoms with Crippen molar-refractivity contribution >= 4 is 11.0 Å². The molecule has 0 unspecified atom stereocenters. The van der Waals surface area contributed by atoms with Gasteiger partial charge in [-0.05, 0) is 47.5 Å². The number of nitriles is 1. The van der Waals surface area contributed by atoms with Crippen molar-refractivity contribution in [1.29, 1.82) is 5.26 Å². The van der Waals surface area contributed by atoms with Crippen molar-refractivity contribution in [3.63, 3.8) is 0 Å². The van der Waals surface area contributed by atoms with Crippen molar-refractivity contribution in [1.82, 2.24) is 19.9 Å². The number of hydrogen-bond donors (Lipinski definition) is 0. The zero-order valence-corrected chi connectivity index (χ0v) is 25.8. The van der Waals surface area contributed by atoms with Gasteiger partial charge in [0.05, 0.1) is 45.4 Å². The van der Waals surface area contributed by atoms with E-state index in [9.17, 15) is 5.26 Å². The van der Waals surface area contributed by atoms with Crippen LogP contribution < -0.4 is 0 Å². The number of aromatic nitrogens is 4. The molecule has 0 amide bonds. The topological polar surface area (TPSA) is 75.3 Å². The maximum atomic E-state index is 9.31. The van der Waals surface area contributed by atoms with Crippen LogP contribution in [0.5, 0.6) is 0 Å². The van der Waals surface area contributed by atoms with Gasteiger partial charge in [-0.3, -0.25) is 0 Å². The molecular weight excluding hydrogens is 587 g/mol. The van der Waals surface area contributed by atoms with Gasteiger partial charge in [0.1, 0.15) is 0 Å². The standard InChI is InChI=1S/C43H27N5/c44-28-29-18-20-32(21-19-29)41-42(46-38-17-8-7-16-37(38)45-41)33-24-22-30(23-25-33)35-14-9-15-36(26-35)40-27-39(31-10-3-1-4-11-31)47-43(48-40)34-12-5-2-6-13-34/h1-27H. The van der Waals surface area contributed by atoms with Crippen molar-refractivity contribution in [2.24, 2.45) is 0 Å². The fourth-order valence-corrected chi connectivity index (χ4v) is 5.85. The van der Waals surface area contributed by atoms with Crippen LogP contribution in [0.15, 0.2) is 164 Å². The summed E-state index contributed by atoms with van der Waals surface area (Å²) < 4.78 is 0. The van der Waals surface area contributed by atoms with Crippen molar-refractivity contribution in [3.05, 3.63) is 169 Å². The molecule has 0 fully saturated rings. The first-order valence-corrected chi connectivity index (χ1v) is 15.7. The Morgan fingerprint density at radius 1 is 0.354 bits per heavy atom. The molecule has 0 spiro atoms. The van der Waals surface area contributed by atoms with Crippen LogP contribution in [0, 0.1) is 11.3 Å². The molecule has 2 heterocycles. The van der Waals surface area contributed by atoms with Crippen LogP contribution in [0.3, 0.4) is 0 Å². The van der Waals surface area contributed by atoms with Crippen molar-refractivity contribution in [2.75, 3.05) is 0 Å². The molecule has 224 valence electrons. The second-order valence-electron chi connectivity index (χ2n) is 11.5. The van der Waals surface area contributed by atoms with E-state index in [1.165, 1.54) is 0 Å². The molecule has 0 N–H and O–H groups in total. The fraction of sp³-hybridized carbons (Fsp3) is 0. The molecule has 0 aliphatic carbocycles. The van der Waals surface area contributed by atoms with Gasteiger partial charge in [0.2, 0.25) is 0 Å². The summed E-state index contributed by atoms with van der Waals surface area (Å²) in [4.78, 5) is 20.0. The van der Waals surface area contributed by atoms with Crippen LogP contribution >= 0.6 is 0 Å². The first-order valence-electron chi connectivity index (χ1n) is 15.7. The third-order valence-corrected chi connectivity index (χ3v) is 8.34. The highest BCUT2D eigenvalue weighted by atomic mass is 14.9. The fourth-order valence-electron chi connectivity index (χ4n) is 5.85. The lowest BCUT2D eigenvalue weighted by molar-refractivity contribution is 1.18. The van der Waals surface area contributed by atoms with Gasteiger partial charge in [-0.2, -0.15) is 5.26 Å². The highest BCUT2D eigenvalue weighted by Crippen LogP contribution is 2.34. The third kappa shape index (κ3) is 5.71. The van der Waals surface area contributed by atoms with Gasteiger partial charge in [0, 0.05) is 27.8 Å². The van der Waals surface area contributed by atoms with Crippen molar-refractivity contribution < 1.29 is 0 Å². The summed E-state index contributed by atoms with van der Waals surface area (Å²) >= 11 is 0. The van der Waals surface area contributed by atoms with E-state index in [4.69, 9.17) is 19.9 Å². The molecule has 0 atom stereocenters. The zero-order chi connectivity index (χ0) is 32.3. The average Bonchev–Trinajstić information content (AvgIpc) is 3.18. The minimum atomic E-state index is 0.607. The first kappa shape index (κ1) is 28.7. The summed E-state index contributed by atoms with van der Waals surface area (Å²) in [6.45, 7) is 0. The summed E-state index contributed by atoms with van der Waals surface area (Å²) in [7, 11) is 0. The molecule has 5 nitrogen and oxygen atoms in total. The van der Waals surface area contributed by atoms with E-state index < -0.39 is 0 Å². The lowest BCUT2D eigenvalue weighted by atomic mass is 9.97. The predicted octanol–water partition coefficient (Wildman–Crippen LogP) is 10.3. The molecule has 8 rings (SSSR count). The van der Waals surface area contributed by atoms with Crippen LogP contribution in [-0.4, -0.2) is 19.9 Å². The largest absolute Gasteiger partial charge is 0.244 e. The molecule has 0 radical (unpaired) electrons. The molecule has 0 bridgehead atoms. The van der Waals surface area contributed by atoms with E-state index in [2.05, 4.69) is 72.8 Å². The lowest BCUT2D eigenvalue weighted by Gasteiger charge is -2.12. The molecular formula is C43H27N5. The quantitative estimate of drug-likeness (QED) is 0.187. The predicted molar refractivity (Wildman–Crippen MR) is 192 cm³/mol. The Hall–Kier alpha value is -6.77. The SMILES string of the molecule is N#Cc1ccc(-c2nc3ccccc3nc2-c2ccc(-c3cccc(-c4cc(-c5ccccc5)nc(-c5ccccc5)n4)c3)cc2)cc1. The van der Waals surface area contributed by atoms with Crippen LogP contribution in [-0.2, 0) is 0 Å². The molecule has 48 heavy (non-hydrogen) atoms. The van der Waals surface area contributed by atoms with Crippen LogP contribution in [0.4, 0.5) is 0 Å². The lowest BCUT2D eigenvalue weighted by Crippen LogP contribution is -1.96. The van der Waals surface area contributed by atoms with E-state index in [1.54, 1.807) is 0 Å².